The van der Waals surface area contributed by atoms with Gasteiger partial charge in [0, 0.05) is 11.6 Å². The molecular weight excluding hydrogens is 165 g/mol. The van der Waals surface area contributed by atoms with E-state index < -0.39 is 0 Å². The van der Waals surface area contributed by atoms with Crippen LogP contribution in [0.2, 0.25) is 0 Å². The van der Waals surface area contributed by atoms with Gasteiger partial charge < -0.3 is 0 Å². The minimum atomic E-state index is -0.227. The minimum absolute atomic E-state index is 0.227. The molecule has 0 bridgehead atoms. The van der Waals surface area contributed by atoms with Crippen molar-refractivity contribution in [1.29, 1.82) is 0 Å². The fourth-order valence-electron chi connectivity index (χ4n) is 1.41. The summed E-state index contributed by atoms with van der Waals surface area (Å²) in [6.07, 6.45) is 2.46. The lowest BCUT2D eigenvalue weighted by Crippen LogP contribution is -1.87. The van der Waals surface area contributed by atoms with E-state index in [2.05, 4.69) is 4.98 Å². The Morgan fingerprint density at radius 3 is 3.00 bits per heavy atom. The third-order valence-corrected chi connectivity index (χ3v) is 2.13. The van der Waals surface area contributed by atoms with Gasteiger partial charge in [-0.25, -0.2) is 4.39 Å². The first-order valence-corrected chi connectivity index (χ1v) is 4.34. The zero-order chi connectivity index (χ0) is 9.26. The van der Waals surface area contributed by atoms with Gasteiger partial charge in [0.1, 0.15) is 11.3 Å². The highest BCUT2D eigenvalue weighted by Crippen LogP contribution is 2.17. The number of pyridine rings is 1. The van der Waals surface area contributed by atoms with Crippen molar-refractivity contribution in [3.63, 3.8) is 0 Å². The molecule has 2 rings (SSSR count). The Balaban J connectivity index is 2.77. The molecule has 0 aliphatic heterocycles. The van der Waals surface area contributed by atoms with Gasteiger partial charge in [0.2, 0.25) is 0 Å². The number of benzene rings is 1. The van der Waals surface area contributed by atoms with Crippen LogP contribution in [0.5, 0.6) is 0 Å². The lowest BCUT2D eigenvalue weighted by atomic mass is 10.1. The number of fused-ring (bicyclic) bond motifs is 1. The highest BCUT2D eigenvalue weighted by Gasteiger charge is 2.02. The highest BCUT2D eigenvalue weighted by molar-refractivity contribution is 5.79. The van der Waals surface area contributed by atoms with Crippen LogP contribution in [0.1, 0.15) is 12.5 Å². The lowest BCUT2D eigenvalue weighted by Gasteiger charge is -2.01. The molecule has 2 heteroatoms. The molecule has 0 N–H and O–H groups in total. The second kappa shape index (κ2) is 3.13. The maximum absolute atomic E-state index is 13.4. The van der Waals surface area contributed by atoms with Gasteiger partial charge in [0.05, 0.1) is 0 Å². The number of aromatic nitrogens is 1. The second-order valence-electron chi connectivity index (χ2n) is 3.01. The topological polar surface area (TPSA) is 12.9 Å². The van der Waals surface area contributed by atoms with Gasteiger partial charge >= 0.3 is 0 Å². The zero-order valence-electron chi connectivity index (χ0n) is 7.42. The fraction of sp³-hybridized carbons (Fsp3) is 0.182. The highest BCUT2D eigenvalue weighted by atomic mass is 19.1. The molecule has 1 aromatic carbocycles. The van der Waals surface area contributed by atoms with Gasteiger partial charge in [0.15, 0.2) is 0 Å². The van der Waals surface area contributed by atoms with Crippen LogP contribution in [0.4, 0.5) is 4.39 Å². The van der Waals surface area contributed by atoms with Crippen LogP contribution in [0.25, 0.3) is 10.9 Å². The van der Waals surface area contributed by atoms with E-state index in [-0.39, 0.29) is 5.82 Å². The average Bonchev–Trinajstić information content (AvgIpc) is 2.18. The second-order valence-corrected chi connectivity index (χ2v) is 3.01. The molecule has 13 heavy (non-hydrogen) atoms. The predicted molar refractivity (Wildman–Crippen MR) is 51.1 cm³/mol. The first kappa shape index (κ1) is 8.17. The van der Waals surface area contributed by atoms with Crippen molar-refractivity contribution >= 4 is 10.9 Å². The third-order valence-electron chi connectivity index (χ3n) is 2.13. The van der Waals surface area contributed by atoms with Gasteiger partial charge in [-0.1, -0.05) is 13.0 Å². The molecule has 1 heterocycles. The standard InChI is InChI=1S/C11H10FN/c1-2-8-6-9-4-3-5-13-11(9)10(12)7-8/h3-7H,2H2,1H3. The summed E-state index contributed by atoms with van der Waals surface area (Å²) in [4.78, 5) is 3.98. The van der Waals surface area contributed by atoms with Crippen molar-refractivity contribution in [2.45, 2.75) is 13.3 Å². The first-order chi connectivity index (χ1) is 6.31. The van der Waals surface area contributed by atoms with Crippen LogP contribution in [0, 0.1) is 5.82 Å². The van der Waals surface area contributed by atoms with Crippen LogP contribution in [0.15, 0.2) is 30.5 Å². The van der Waals surface area contributed by atoms with Gasteiger partial charge in [0.25, 0.3) is 0 Å². The molecule has 0 saturated carbocycles. The molecule has 0 radical (unpaired) electrons. The smallest absolute Gasteiger partial charge is 0.149 e. The molecule has 0 aliphatic carbocycles. The maximum Gasteiger partial charge on any atom is 0.149 e. The molecule has 0 unspecified atom stereocenters. The van der Waals surface area contributed by atoms with Crippen molar-refractivity contribution in [2.24, 2.45) is 0 Å². The van der Waals surface area contributed by atoms with Gasteiger partial charge in [-0.15, -0.1) is 0 Å². The molecule has 2 aromatic rings. The normalized spacial score (nSPS) is 10.6. The molecule has 0 atom stereocenters. The molecule has 0 spiro atoms. The summed E-state index contributed by atoms with van der Waals surface area (Å²) in [6.45, 7) is 2.01. The average molecular weight is 175 g/mol. The summed E-state index contributed by atoms with van der Waals surface area (Å²) in [7, 11) is 0. The summed E-state index contributed by atoms with van der Waals surface area (Å²) < 4.78 is 13.4. The maximum atomic E-state index is 13.4. The van der Waals surface area contributed by atoms with E-state index in [4.69, 9.17) is 0 Å². The van der Waals surface area contributed by atoms with Crippen LogP contribution in [-0.2, 0) is 6.42 Å². The van der Waals surface area contributed by atoms with E-state index in [1.165, 1.54) is 0 Å². The predicted octanol–water partition coefficient (Wildman–Crippen LogP) is 2.94. The summed E-state index contributed by atoms with van der Waals surface area (Å²) in [6, 6.07) is 7.23. The summed E-state index contributed by atoms with van der Waals surface area (Å²) >= 11 is 0. The van der Waals surface area contributed by atoms with Crippen LogP contribution >= 0.6 is 0 Å². The summed E-state index contributed by atoms with van der Waals surface area (Å²) in [5.41, 5.74) is 1.47. The molecule has 1 nitrogen and oxygen atoms in total. The Hall–Kier alpha value is -1.44. The van der Waals surface area contributed by atoms with Crippen LogP contribution in [-0.4, -0.2) is 4.98 Å². The molecule has 0 saturated heterocycles. The molecule has 66 valence electrons. The number of nitrogens with zero attached hydrogens (tertiary/aromatic N) is 1. The molecule has 1 aromatic heterocycles. The Labute approximate surface area is 76.2 Å². The number of halogens is 1. The zero-order valence-corrected chi connectivity index (χ0v) is 7.42. The molecular formula is C11H10FN. The van der Waals surface area contributed by atoms with Gasteiger partial charge in [-0.2, -0.15) is 0 Å². The van der Waals surface area contributed by atoms with Crippen molar-refractivity contribution < 1.29 is 4.39 Å². The Kier molecular flexibility index (Phi) is 1.97. The third kappa shape index (κ3) is 1.39. The van der Waals surface area contributed by atoms with Crippen molar-refractivity contribution in [2.75, 3.05) is 0 Å². The number of hydrogen-bond donors (Lipinski definition) is 0. The molecule has 0 fully saturated rings. The first-order valence-electron chi connectivity index (χ1n) is 4.34. The van der Waals surface area contributed by atoms with E-state index >= 15 is 0 Å². The lowest BCUT2D eigenvalue weighted by molar-refractivity contribution is 0.635. The Morgan fingerprint density at radius 2 is 2.23 bits per heavy atom. The van der Waals surface area contributed by atoms with Crippen molar-refractivity contribution in [1.82, 2.24) is 4.98 Å². The van der Waals surface area contributed by atoms with Gasteiger partial charge in [-0.05, 0) is 30.2 Å². The van der Waals surface area contributed by atoms with E-state index in [1.807, 2.05) is 25.1 Å². The number of aryl methyl sites for hydroxylation is 1. The summed E-state index contributed by atoms with van der Waals surface area (Å²) in [5.74, 6) is -0.227. The fourth-order valence-corrected chi connectivity index (χ4v) is 1.41. The molecule has 0 aliphatic rings. The van der Waals surface area contributed by atoms with E-state index in [0.29, 0.717) is 5.52 Å². The van der Waals surface area contributed by atoms with Crippen molar-refractivity contribution in [3.05, 3.63) is 41.8 Å². The Bertz CT molecular complexity index is 437. The SMILES string of the molecule is CCc1cc(F)c2ncccc2c1. The van der Waals surface area contributed by atoms with E-state index in [9.17, 15) is 4.39 Å². The summed E-state index contributed by atoms with van der Waals surface area (Å²) in [5, 5.41) is 0.874. The van der Waals surface area contributed by atoms with E-state index in [0.717, 1.165) is 17.4 Å². The van der Waals surface area contributed by atoms with Crippen LogP contribution < -0.4 is 0 Å². The monoisotopic (exact) mass is 175 g/mol. The molecule has 0 amide bonds. The van der Waals surface area contributed by atoms with Crippen LogP contribution in [0.3, 0.4) is 0 Å². The number of rotatable bonds is 1. The minimum Gasteiger partial charge on any atom is -0.253 e. The van der Waals surface area contributed by atoms with Crippen molar-refractivity contribution in [3.8, 4) is 0 Å². The van der Waals surface area contributed by atoms with Gasteiger partial charge in [-0.3, -0.25) is 4.98 Å². The quantitative estimate of drug-likeness (QED) is 0.649. The van der Waals surface area contributed by atoms with E-state index in [1.54, 1.807) is 12.3 Å². The number of hydrogen-bond acceptors (Lipinski definition) is 1. The largest absolute Gasteiger partial charge is 0.253 e. The Morgan fingerprint density at radius 1 is 1.38 bits per heavy atom.